The highest BCUT2D eigenvalue weighted by Crippen LogP contribution is 2.17. The molecule has 3 nitrogen and oxygen atoms in total. The number of ether oxygens (including phenoxy) is 1. The van der Waals surface area contributed by atoms with E-state index in [2.05, 4.69) is 17.2 Å². The molecule has 0 aromatic heterocycles. The van der Waals surface area contributed by atoms with Gasteiger partial charge in [-0.1, -0.05) is 11.8 Å². The third-order valence-corrected chi connectivity index (χ3v) is 1.90. The van der Waals surface area contributed by atoms with Gasteiger partial charge in [0.25, 0.3) is 0 Å². The van der Waals surface area contributed by atoms with Gasteiger partial charge in [0.05, 0.1) is 7.11 Å². The molecule has 0 atom stereocenters. The second kappa shape index (κ2) is 5.94. The van der Waals surface area contributed by atoms with Crippen LogP contribution in [0.4, 0.5) is 5.69 Å². The number of nitrogens with two attached hydrogens (primary N) is 1. The first-order chi connectivity index (χ1) is 7.26. The summed E-state index contributed by atoms with van der Waals surface area (Å²) >= 11 is 0. The lowest BCUT2D eigenvalue weighted by Crippen LogP contribution is -2.05. The van der Waals surface area contributed by atoms with Crippen molar-refractivity contribution >= 4 is 5.69 Å². The van der Waals surface area contributed by atoms with Crippen LogP contribution in [0, 0.1) is 11.8 Å². The monoisotopic (exact) mass is 204 g/mol. The average molecular weight is 204 g/mol. The third kappa shape index (κ3) is 3.92. The van der Waals surface area contributed by atoms with E-state index in [1.165, 1.54) is 0 Å². The molecule has 0 unspecified atom stereocenters. The van der Waals surface area contributed by atoms with Gasteiger partial charge in [0, 0.05) is 30.3 Å². The summed E-state index contributed by atoms with van der Waals surface area (Å²) in [6.07, 6.45) is 0.827. The molecule has 1 aromatic carbocycles. The summed E-state index contributed by atoms with van der Waals surface area (Å²) in [4.78, 5) is 0. The van der Waals surface area contributed by atoms with E-state index in [9.17, 15) is 0 Å². The Bertz CT molecular complexity index is 377. The van der Waals surface area contributed by atoms with Crippen LogP contribution in [0.25, 0.3) is 0 Å². The van der Waals surface area contributed by atoms with Crippen LogP contribution in [0.5, 0.6) is 5.75 Å². The number of rotatable bonds is 3. The molecule has 1 aromatic rings. The molecule has 0 saturated heterocycles. The van der Waals surface area contributed by atoms with Crippen molar-refractivity contribution < 1.29 is 4.74 Å². The van der Waals surface area contributed by atoms with E-state index in [0.29, 0.717) is 5.69 Å². The van der Waals surface area contributed by atoms with Gasteiger partial charge < -0.3 is 15.8 Å². The van der Waals surface area contributed by atoms with Crippen LogP contribution in [0.15, 0.2) is 18.2 Å². The van der Waals surface area contributed by atoms with E-state index in [-0.39, 0.29) is 0 Å². The molecule has 1 rings (SSSR count). The van der Waals surface area contributed by atoms with Gasteiger partial charge in [0.1, 0.15) is 5.75 Å². The minimum absolute atomic E-state index is 0.673. The number of hydrogen-bond acceptors (Lipinski definition) is 3. The molecular weight excluding hydrogens is 188 g/mol. The van der Waals surface area contributed by atoms with Crippen molar-refractivity contribution in [3.8, 4) is 17.6 Å². The standard InChI is InChI=1S/C12H16N2O/c1-14-6-4-3-5-10-7-11(13)9-12(8-10)15-2/h7-9,14H,4,6,13H2,1-2H3. The largest absolute Gasteiger partial charge is 0.497 e. The molecule has 0 amide bonds. The summed E-state index contributed by atoms with van der Waals surface area (Å²) in [5.41, 5.74) is 7.27. The molecule has 0 fully saturated rings. The van der Waals surface area contributed by atoms with Gasteiger partial charge in [-0.15, -0.1) is 0 Å². The first kappa shape index (κ1) is 11.4. The van der Waals surface area contributed by atoms with E-state index in [1.807, 2.05) is 19.2 Å². The maximum Gasteiger partial charge on any atom is 0.122 e. The Morgan fingerprint density at radius 3 is 2.87 bits per heavy atom. The van der Waals surface area contributed by atoms with Gasteiger partial charge >= 0.3 is 0 Å². The van der Waals surface area contributed by atoms with E-state index < -0.39 is 0 Å². The van der Waals surface area contributed by atoms with Crippen molar-refractivity contribution in [2.24, 2.45) is 0 Å². The molecule has 0 bridgehead atoms. The summed E-state index contributed by atoms with van der Waals surface area (Å²) in [5.74, 6) is 6.85. The normalized spacial score (nSPS) is 9.20. The number of methoxy groups -OCH3 is 1. The minimum atomic E-state index is 0.673. The zero-order chi connectivity index (χ0) is 11.1. The van der Waals surface area contributed by atoms with Gasteiger partial charge in [-0.25, -0.2) is 0 Å². The quantitative estimate of drug-likeness (QED) is 0.442. The van der Waals surface area contributed by atoms with Gasteiger partial charge in [0.15, 0.2) is 0 Å². The van der Waals surface area contributed by atoms with E-state index in [1.54, 1.807) is 13.2 Å². The lowest BCUT2D eigenvalue weighted by Gasteiger charge is -2.01. The summed E-state index contributed by atoms with van der Waals surface area (Å²) in [7, 11) is 3.53. The Labute approximate surface area is 90.6 Å². The zero-order valence-electron chi connectivity index (χ0n) is 9.13. The Morgan fingerprint density at radius 1 is 1.40 bits per heavy atom. The Kier molecular flexibility index (Phi) is 4.52. The van der Waals surface area contributed by atoms with Crippen molar-refractivity contribution in [2.45, 2.75) is 6.42 Å². The van der Waals surface area contributed by atoms with Crippen molar-refractivity contribution in [3.05, 3.63) is 23.8 Å². The highest BCUT2D eigenvalue weighted by Gasteiger charge is 1.95. The molecule has 0 spiro atoms. The van der Waals surface area contributed by atoms with E-state index >= 15 is 0 Å². The molecule has 0 radical (unpaired) electrons. The highest BCUT2D eigenvalue weighted by atomic mass is 16.5. The molecule has 0 saturated carbocycles. The van der Waals surface area contributed by atoms with E-state index in [0.717, 1.165) is 24.3 Å². The predicted octanol–water partition coefficient (Wildman–Crippen LogP) is 1.24. The van der Waals surface area contributed by atoms with Crippen LogP contribution >= 0.6 is 0 Å². The zero-order valence-corrected chi connectivity index (χ0v) is 9.13. The summed E-state index contributed by atoms with van der Waals surface area (Å²) in [5, 5.41) is 3.04. The van der Waals surface area contributed by atoms with Gasteiger partial charge in [-0.05, 0) is 19.2 Å². The fraction of sp³-hybridized carbons (Fsp3) is 0.333. The van der Waals surface area contributed by atoms with Crippen molar-refractivity contribution in [1.29, 1.82) is 0 Å². The SMILES string of the molecule is CNCCC#Cc1cc(N)cc(OC)c1. The lowest BCUT2D eigenvalue weighted by atomic mass is 10.2. The Hall–Kier alpha value is -1.66. The van der Waals surface area contributed by atoms with E-state index in [4.69, 9.17) is 10.5 Å². The van der Waals surface area contributed by atoms with Gasteiger partial charge in [-0.3, -0.25) is 0 Å². The molecule has 0 aliphatic rings. The summed E-state index contributed by atoms with van der Waals surface area (Å²) < 4.78 is 5.10. The van der Waals surface area contributed by atoms with Crippen molar-refractivity contribution in [1.82, 2.24) is 5.32 Å². The number of hydrogen-bond donors (Lipinski definition) is 2. The Balaban J connectivity index is 2.74. The predicted molar refractivity (Wildman–Crippen MR) is 62.8 cm³/mol. The molecule has 3 heteroatoms. The van der Waals surface area contributed by atoms with Crippen LogP contribution in [0.3, 0.4) is 0 Å². The van der Waals surface area contributed by atoms with Gasteiger partial charge in [0.2, 0.25) is 0 Å². The molecular formula is C12H16N2O. The second-order valence-electron chi connectivity index (χ2n) is 3.15. The third-order valence-electron chi connectivity index (χ3n) is 1.90. The van der Waals surface area contributed by atoms with Crippen LogP contribution in [-0.2, 0) is 0 Å². The topological polar surface area (TPSA) is 47.3 Å². The molecule has 15 heavy (non-hydrogen) atoms. The lowest BCUT2D eigenvalue weighted by molar-refractivity contribution is 0.415. The van der Waals surface area contributed by atoms with Crippen LogP contribution < -0.4 is 15.8 Å². The molecule has 3 N–H and O–H groups in total. The number of nitrogens with one attached hydrogen (secondary N) is 1. The maximum atomic E-state index is 5.71. The number of benzene rings is 1. The number of anilines is 1. The maximum absolute atomic E-state index is 5.71. The highest BCUT2D eigenvalue weighted by molar-refractivity contribution is 5.52. The van der Waals surface area contributed by atoms with Gasteiger partial charge in [-0.2, -0.15) is 0 Å². The Morgan fingerprint density at radius 2 is 2.20 bits per heavy atom. The first-order valence-electron chi connectivity index (χ1n) is 4.84. The van der Waals surface area contributed by atoms with Crippen molar-refractivity contribution in [2.75, 3.05) is 26.4 Å². The molecule has 0 heterocycles. The fourth-order valence-corrected chi connectivity index (χ4v) is 1.16. The molecule has 80 valence electrons. The minimum Gasteiger partial charge on any atom is -0.497 e. The van der Waals surface area contributed by atoms with Crippen LogP contribution in [0.2, 0.25) is 0 Å². The summed E-state index contributed by atoms with van der Waals surface area (Å²) in [6.45, 7) is 0.895. The average Bonchev–Trinajstić information content (AvgIpc) is 2.23. The fourth-order valence-electron chi connectivity index (χ4n) is 1.16. The molecule has 0 aliphatic carbocycles. The van der Waals surface area contributed by atoms with Crippen LogP contribution in [-0.4, -0.2) is 20.7 Å². The number of nitrogen functional groups attached to an aromatic ring is 1. The summed E-state index contributed by atoms with van der Waals surface area (Å²) in [6, 6.07) is 5.50. The smallest absolute Gasteiger partial charge is 0.122 e. The first-order valence-corrected chi connectivity index (χ1v) is 4.84. The molecule has 0 aliphatic heterocycles. The van der Waals surface area contributed by atoms with Crippen LogP contribution in [0.1, 0.15) is 12.0 Å². The van der Waals surface area contributed by atoms with Crippen molar-refractivity contribution in [3.63, 3.8) is 0 Å². The second-order valence-corrected chi connectivity index (χ2v) is 3.15.